The second kappa shape index (κ2) is 6.07. The molecule has 0 radical (unpaired) electrons. The molecule has 138 valence electrons. The van der Waals surface area contributed by atoms with Gasteiger partial charge in [-0.05, 0) is 49.2 Å². The van der Waals surface area contributed by atoms with Crippen molar-refractivity contribution in [1.29, 1.82) is 0 Å². The molecule has 2 aliphatic rings. The monoisotopic (exact) mass is 358 g/mol. The highest BCUT2D eigenvalue weighted by Crippen LogP contribution is 2.37. The average Bonchev–Trinajstić information content (AvgIpc) is 3.21. The van der Waals surface area contributed by atoms with E-state index in [4.69, 9.17) is 18.9 Å². The Morgan fingerprint density at radius 2 is 1.08 bits per heavy atom. The van der Waals surface area contributed by atoms with Crippen LogP contribution in [0.2, 0.25) is 0 Å². The minimum Gasteiger partial charge on any atom is -0.454 e. The number of hydrogen-bond acceptors (Lipinski definition) is 6. The fraction of sp³-hybridized carbons (Fsp3) is 0.400. The van der Waals surface area contributed by atoms with Gasteiger partial charge in [-0.25, -0.2) is 0 Å². The Morgan fingerprint density at radius 3 is 1.50 bits per heavy atom. The van der Waals surface area contributed by atoms with Crippen LogP contribution in [0.25, 0.3) is 0 Å². The Labute approximate surface area is 151 Å². The van der Waals surface area contributed by atoms with Crippen LogP contribution in [-0.2, 0) is 12.8 Å². The Kier molecular flexibility index (Phi) is 3.97. The molecule has 2 N–H and O–H groups in total. The highest BCUT2D eigenvalue weighted by Gasteiger charge is 2.42. The SMILES string of the molecule is CC(O)(Cc1ccc2c(c1)OCO2)C(C)(O)Cc1ccc2c(c1)OCO2. The van der Waals surface area contributed by atoms with Crippen LogP contribution < -0.4 is 18.9 Å². The van der Waals surface area contributed by atoms with Gasteiger partial charge in [0.2, 0.25) is 13.6 Å². The van der Waals surface area contributed by atoms with Gasteiger partial charge < -0.3 is 29.2 Å². The molecule has 2 aliphatic heterocycles. The summed E-state index contributed by atoms with van der Waals surface area (Å²) >= 11 is 0. The number of benzene rings is 2. The molecular weight excluding hydrogens is 336 g/mol. The van der Waals surface area contributed by atoms with Crippen LogP contribution in [0, 0.1) is 0 Å². The van der Waals surface area contributed by atoms with Gasteiger partial charge >= 0.3 is 0 Å². The van der Waals surface area contributed by atoms with Crippen LogP contribution in [0.5, 0.6) is 23.0 Å². The predicted molar refractivity (Wildman–Crippen MR) is 93.8 cm³/mol. The second-order valence-corrected chi connectivity index (χ2v) is 7.28. The van der Waals surface area contributed by atoms with Crippen molar-refractivity contribution in [1.82, 2.24) is 0 Å². The first kappa shape index (κ1) is 17.0. The third kappa shape index (κ3) is 3.06. The van der Waals surface area contributed by atoms with Gasteiger partial charge in [0.1, 0.15) is 0 Å². The smallest absolute Gasteiger partial charge is 0.231 e. The zero-order valence-corrected chi connectivity index (χ0v) is 14.8. The molecule has 0 amide bonds. The van der Waals surface area contributed by atoms with Crippen molar-refractivity contribution in [2.45, 2.75) is 37.9 Å². The molecule has 2 heterocycles. The fourth-order valence-corrected chi connectivity index (χ4v) is 3.28. The number of rotatable bonds is 5. The van der Waals surface area contributed by atoms with Crippen LogP contribution in [0.1, 0.15) is 25.0 Å². The zero-order chi connectivity index (χ0) is 18.4. The minimum atomic E-state index is -1.35. The quantitative estimate of drug-likeness (QED) is 0.855. The molecular formula is C20H22O6. The predicted octanol–water partition coefficient (Wildman–Crippen LogP) is 2.43. The average molecular weight is 358 g/mol. The summed E-state index contributed by atoms with van der Waals surface area (Å²) in [6, 6.07) is 11.1. The van der Waals surface area contributed by atoms with Crippen molar-refractivity contribution in [3.63, 3.8) is 0 Å². The Hall–Kier alpha value is -2.44. The molecule has 2 atom stereocenters. The first-order valence-electron chi connectivity index (χ1n) is 8.56. The lowest BCUT2D eigenvalue weighted by Crippen LogP contribution is -2.53. The van der Waals surface area contributed by atoms with E-state index in [1.165, 1.54) is 0 Å². The van der Waals surface area contributed by atoms with Gasteiger partial charge in [-0.2, -0.15) is 0 Å². The van der Waals surface area contributed by atoms with E-state index in [9.17, 15) is 10.2 Å². The highest BCUT2D eigenvalue weighted by molar-refractivity contribution is 5.46. The number of hydrogen-bond donors (Lipinski definition) is 2. The third-order valence-corrected chi connectivity index (χ3v) is 5.13. The molecule has 26 heavy (non-hydrogen) atoms. The second-order valence-electron chi connectivity index (χ2n) is 7.28. The first-order valence-corrected chi connectivity index (χ1v) is 8.56. The lowest BCUT2D eigenvalue weighted by molar-refractivity contribution is -0.129. The van der Waals surface area contributed by atoms with Crippen molar-refractivity contribution < 1.29 is 29.2 Å². The summed E-state index contributed by atoms with van der Waals surface area (Å²) in [6.45, 7) is 3.70. The van der Waals surface area contributed by atoms with Gasteiger partial charge in [0.05, 0.1) is 11.2 Å². The lowest BCUT2D eigenvalue weighted by atomic mass is 9.77. The molecule has 2 aromatic rings. The topological polar surface area (TPSA) is 77.4 Å². The van der Waals surface area contributed by atoms with Crippen LogP contribution in [-0.4, -0.2) is 35.0 Å². The normalized spacial score (nSPS) is 19.1. The van der Waals surface area contributed by atoms with E-state index in [0.29, 0.717) is 23.0 Å². The fourth-order valence-electron chi connectivity index (χ4n) is 3.28. The molecule has 0 saturated heterocycles. The van der Waals surface area contributed by atoms with Gasteiger partial charge in [0.25, 0.3) is 0 Å². The van der Waals surface area contributed by atoms with Gasteiger partial charge in [-0.1, -0.05) is 12.1 Å². The van der Waals surface area contributed by atoms with E-state index < -0.39 is 11.2 Å². The maximum absolute atomic E-state index is 11.0. The standard InChI is InChI=1S/C20H22O6/c1-19(21,9-13-3-5-15-17(7-13)25-11-23-15)20(2,22)10-14-4-6-16-18(8-14)26-12-24-16/h3-8,21-22H,9-12H2,1-2H3. The number of ether oxygens (including phenoxy) is 4. The molecule has 6 heteroatoms. The molecule has 6 nitrogen and oxygen atoms in total. The molecule has 0 aromatic heterocycles. The van der Waals surface area contributed by atoms with Crippen LogP contribution in [0.3, 0.4) is 0 Å². The summed E-state index contributed by atoms with van der Waals surface area (Å²) in [5.74, 6) is 2.71. The summed E-state index contributed by atoms with van der Waals surface area (Å²) < 4.78 is 21.4. The number of aliphatic hydroxyl groups is 2. The third-order valence-electron chi connectivity index (χ3n) is 5.13. The summed E-state index contributed by atoms with van der Waals surface area (Å²) in [6.07, 6.45) is 0.558. The molecule has 0 spiro atoms. The molecule has 0 bridgehead atoms. The van der Waals surface area contributed by atoms with Crippen molar-refractivity contribution >= 4 is 0 Å². The lowest BCUT2D eigenvalue weighted by Gasteiger charge is -2.39. The molecule has 0 saturated carbocycles. The van der Waals surface area contributed by atoms with E-state index >= 15 is 0 Å². The minimum absolute atomic E-state index is 0.205. The number of fused-ring (bicyclic) bond motifs is 2. The highest BCUT2D eigenvalue weighted by atomic mass is 16.7. The summed E-state index contributed by atoms with van der Waals surface area (Å²) in [5.41, 5.74) is -0.968. The van der Waals surface area contributed by atoms with Gasteiger partial charge in [-0.3, -0.25) is 0 Å². The van der Waals surface area contributed by atoms with E-state index in [1.54, 1.807) is 13.8 Å². The van der Waals surface area contributed by atoms with Crippen molar-refractivity contribution in [3.05, 3.63) is 47.5 Å². The summed E-state index contributed by atoms with van der Waals surface area (Å²) in [7, 11) is 0. The molecule has 2 unspecified atom stereocenters. The van der Waals surface area contributed by atoms with E-state index in [2.05, 4.69) is 0 Å². The molecule has 0 fully saturated rings. The van der Waals surface area contributed by atoms with Gasteiger partial charge in [-0.15, -0.1) is 0 Å². The van der Waals surface area contributed by atoms with Crippen LogP contribution in [0.4, 0.5) is 0 Å². The summed E-state index contributed by atoms with van der Waals surface area (Å²) in [5, 5.41) is 22.0. The Morgan fingerprint density at radius 1 is 0.692 bits per heavy atom. The molecule has 0 aliphatic carbocycles. The van der Waals surface area contributed by atoms with E-state index in [-0.39, 0.29) is 26.4 Å². The Bertz CT molecular complexity index is 758. The van der Waals surface area contributed by atoms with Crippen molar-refractivity contribution in [2.75, 3.05) is 13.6 Å². The van der Waals surface area contributed by atoms with E-state index in [1.807, 2.05) is 36.4 Å². The molecule has 2 aromatic carbocycles. The van der Waals surface area contributed by atoms with Crippen molar-refractivity contribution in [2.24, 2.45) is 0 Å². The van der Waals surface area contributed by atoms with Crippen molar-refractivity contribution in [3.8, 4) is 23.0 Å². The zero-order valence-electron chi connectivity index (χ0n) is 14.8. The van der Waals surface area contributed by atoms with Gasteiger partial charge in [0, 0.05) is 12.8 Å². The maximum atomic E-state index is 11.0. The first-order chi connectivity index (χ1) is 12.3. The van der Waals surface area contributed by atoms with Crippen LogP contribution in [0.15, 0.2) is 36.4 Å². The van der Waals surface area contributed by atoms with Gasteiger partial charge in [0.15, 0.2) is 23.0 Å². The largest absolute Gasteiger partial charge is 0.454 e. The maximum Gasteiger partial charge on any atom is 0.231 e. The summed E-state index contributed by atoms with van der Waals surface area (Å²) in [4.78, 5) is 0. The van der Waals surface area contributed by atoms with Crippen LogP contribution >= 0.6 is 0 Å². The van der Waals surface area contributed by atoms with E-state index in [0.717, 1.165) is 11.1 Å². The molecule has 4 rings (SSSR count). The Balaban J connectivity index is 1.51.